The van der Waals surface area contributed by atoms with Crippen LogP contribution in [0.5, 0.6) is 11.5 Å². The Labute approximate surface area is 120 Å². The molecule has 0 radical (unpaired) electrons. The average Bonchev–Trinajstić information content (AvgIpc) is 2.45. The van der Waals surface area contributed by atoms with Gasteiger partial charge in [-0.15, -0.1) is 0 Å². The zero-order chi connectivity index (χ0) is 14.4. The van der Waals surface area contributed by atoms with E-state index in [0.29, 0.717) is 6.61 Å². The van der Waals surface area contributed by atoms with Crippen LogP contribution in [0.1, 0.15) is 18.4 Å². The van der Waals surface area contributed by atoms with Gasteiger partial charge in [0.25, 0.3) is 0 Å². The molecular formula is C15H24N2O3. The number of hydrogen-bond acceptors (Lipinski definition) is 5. The number of likely N-dealkylation sites (N-methyl/N-ethyl adjacent to an activating group) is 1. The molecule has 1 aliphatic rings. The zero-order valence-electron chi connectivity index (χ0n) is 12.3. The van der Waals surface area contributed by atoms with Crippen molar-refractivity contribution in [3.05, 3.63) is 23.8 Å². The molecule has 0 spiro atoms. The summed E-state index contributed by atoms with van der Waals surface area (Å²) in [6.07, 6.45) is 3.25. The van der Waals surface area contributed by atoms with Gasteiger partial charge in [-0.2, -0.15) is 0 Å². The average molecular weight is 280 g/mol. The molecule has 0 amide bonds. The van der Waals surface area contributed by atoms with Gasteiger partial charge in [-0.05, 0) is 50.6 Å². The van der Waals surface area contributed by atoms with E-state index in [2.05, 4.69) is 16.8 Å². The second-order valence-electron chi connectivity index (χ2n) is 5.25. The van der Waals surface area contributed by atoms with Gasteiger partial charge in [0.15, 0.2) is 11.5 Å². The lowest BCUT2D eigenvalue weighted by Crippen LogP contribution is -2.38. The predicted molar refractivity (Wildman–Crippen MR) is 78.0 cm³/mol. The molecule has 20 heavy (non-hydrogen) atoms. The van der Waals surface area contributed by atoms with Crippen LogP contribution in [0.15, 0.2) is 18.2 Å². The predicted octanol–water partition coefficient (Wildman–Crippen LogP) is 1.60. The van der Waals surface area contributed by atoms with E-state index >= 15 is 0 Å². The number of likely N-dealkylation sites (tertiary alicyclic amines) is 1. The Morgan fingerprint density at radius 2 is 2.20 bits per heavy atom. The van der Waals surface area contributed by atoms with E-state index in [0.717, 1.165) is 43.0 Å². The Morgan fingerprint density at radius 3 is 2.90 bits per heavy atom. The molecule has 1 aliphatic heterocycles. The van der Waals surface area contributed by atoms with Gasteiger partial charge in [0.05, 0.1) is 13.7 Å². The summed E-state index contributed by atoms with van der Waals surface area (Å²) in [5.41, 5.74) is 1.13. The number of piperidine rings is 1. The topological polar surface area (TPSA) is 57.0 Å². The summed E-state index contributed by atoms with van der Waals surface area (Å²) in [5, 5.41) is 0. The van der Waals surface area contributed by atoms with Crippen molar-refractivity contribution in [2.24, 2.45) is 5.90 Å². The van der Waals surface area contributed by atoms with E-state index in [1.807, 2.05) is 18.2 Å². The van der Waals surface area contributed by atoms with E-state index in [1.165, 1.54) is 6.42 Å². The van der Waals surface area contributed by atoms with Gasteiger partial charge in [-0.1, -0.05) is 6.07 Å². The van der Waals surface area contributed by atoms with Crippen molar-refractivity contribution in [3.63, 3.8) is 0 Å². The van der Waals surface area contributed by atoms with Gasteiger partial charge >= 0.3 is 0 Å². The third-order valence-electron chi connectivity index (χ3n) is 3.61. The lowest BCUT2D eigenvalue weighted by atomic mass is 10.1. The Kier molecular flexibility index (Phi) is 5.64. The van der Waals surface area contributed by atoms with Crippen LogP contribution in [0.25, 0.3) is 0 Å². The highest BCUT2D eigenvalue weighted by Crippen LogP contribution is 2.30. The Balaban J connectivity index is 2.07. The fourth-order valence-electron chi connectivity index (χ4n) is 2.54. The van der Waals surface area contributed by atoms with Crippen LogP contribution in [0.3, 0.4) is 0 Å². The van der Waals surface area contributed by atoms with E-state index in [9.17, 15) is 0 Å². The van der Waals surface area contributed by atoms with E-state index < -0.39 is 0 Å². The number of nitrogens with two attached hydrogens (primary N) is 1. The number of rotatable bonds is 6. The largest absolute Gasteiger partial charge is 0.493 e. The summed E-state index contributed by atoms with van der Waals surface area (Å²) in [6.45, 7) is 2.60. The highest BCUT2D eigenvalue weighted by atomic mass is 16.6. The molecular weight excluding hydrogens is 256 g/mol. The minimum atomic E-state index is 0.226. The van der Waals surface area contributed by atoms with Gasteiger partial charge in [0.2, 0.25) is 0 Å². The van der Waals surface area contributed by atoms with Gasteiger partial charge in [0.1, 0.15) is 6.10 Å². The molecule has 2 rings (SSSR count). The van der Waals surface area contributed by atoms with Crippen LogP contribution >= 0.6 is 0 Å². The molecule has 1 heterocycles. The molecule has 2 N–H and O–H groups in total. The fraction of sp³-hybridized carbons (Fsp3) is 0.600. The first kappa shape index (κ1) is 15.1. The minimum absolute atomic E-state index is 0.226. The van der Waals surface area contributed by atoms with Crippen LogP contribution in [0.2, 0.25) is 0 Å². The summed E-state index contributed by atoms with van der Waals surface area (Å²) in [5.74, 6) is 6.66. The quantitative estimate of drug-likeness (QED) is 0.802. The first-order valence-corrected chi connectivity index (χ1v) is 7.06. The van der Waals surface area contributed by atoms with E-state index in [1.54, 1.807) is 7.11 Å². The number of benzene rings is 1. The fourth-order valence-corrected chi connectivity index (χ4v) is 2.54. The molecule has 1 saturated heterocycles. The maximum absolute atomic E-state index is 6.13. The minimum Gasteiger partial charge on any atom is -0.493 e. The molecule has 1 aromatic carbocycles. The molecule has 1 atom stereocenters. The highest BCUT2D eigenvalue weighted by molar-refractivity contribution is 5.43. The third-order valence-corrected chi connectivity index (χ3v) is 3.61. The van der Waals surface area contributed by atoms with Gasteiger partial charge < -0.3 is 19.2 Å². The zero-order valence-corrected chi connectivity index (χ0v) is 12.3. The Hall–Kier alpha value is -1.30. The summed E-state index contributed by atoms with van der Waals surface area (Å²) in [4.78, 5) is 6.93. The van der Waals surface area contributed by atoms with Crippen molar-refractivity contribution in [3.8, 4) is 11.5 Å². The SMILES string of the molecule is COc1ccc(CCON)cc1OC1CCCN(C)C1. The molecule has 1 unspecified atom stereocenters. The maximum Gasteiger partial charge on any atom is 0.161 e. The summed E-state index contributed by atoms with van der Waals surface area (Å²) in [7, 11) is 3.79. The number of nitrogens with zero attached hydrogens (tertiary/aromatic N) is 1. The molecule has 112 valence electrons. The molecule has 5 heteroatoms. The van der Waals surface area contributed by atoms with Crippen LogP contribution in [0, 0.1) is 0 Å². The molecule has 1 fully saturated rings. The monoisotopic (exact) mass is 280 g/mol. The second-order valence-corrected chi connectivity index (χ2v) is 5.25. The lowest BCUT2D eigenvalue weighted by molar-refractivity contribution is 0.101. The second kappa shape index (κ2) is 7.47. The van der Waals surface area contributed by atoms with Crippen LogP contribution in [-0.2, 0) is 11.3 Å². The van der Waals surface area contributed by atoms with Crippen molar-refractivity contribution < 1.29 is 14.3 Å². The summed E-state index contributed by atoms with van der Waals surface area (Å²) < 4.78 is 11.5. The van der Waals surface area contributed by atoms with Crippen molar-refractivity contribution in [2.45, 2.75) is 25.4 Å². The van der Waals surface area contributed by atoms with Crippen LogP contribution in [-0.4, -0.2) is 44.9 Å². The normalized spacial score (nSPS) is 19.9. The van der Waals surface area contributed by atoms with E-state index in [-0.39, 0.29) is 6.10 Å². The molecule has 5 nitrogen and oxygen atoms in total. The first-order chi connectivity index (χ1) is 9.72. The van der Waals surface area contributed by atoms with Crippen LogP contribution in [0.4, 0.5) is 0 Å². The molecule has 1 aromatic rings. The number of ether oxygens (including phenoxy) is 2. The molecule has 0 aromatic heterocycles. The van der Waals surface area contributed by atoms with Gasteiger partial charge in [-0.25, -0.2) is 5.90 Å². The van der Waals surface area contributed by atoms with Crippen molar-refractivity contribution >= 4 is 0 Å². The maximum atomic E-state index is 6.13. The molecule has 0 aliphatic carbocycles. The van der Waals surface area contributed by atoms with Crippen LogP contribution < -0.4 is 15.4 Å². The Morgan fingerprint density at radius 1 is 1.35 bits per heavy atom. The third kappa shape index (κ3) is 4.10. The standard InChI is InChI=1S/C15H24N2O3/c1-17-8-3-4-13(11-17)20-15-10-12(7-9-19-16)5-6-14(15)18-2/h5-6,10,13H,3-4,7-9,11,16H2,1-2H3. The Bertz CT molecular complexity index is 426. The van der Waals surface area contributed by atoms with Crippen molar-refractivity contribution in [1.29, 1.82) is 0 Å². The number of hydrogen-bond donors (Lipinski definition) is 1. The van der Waals surface area contributed by atoms with Gasteiger partial charge in [-0.3, -0.25) is 0 Å². The number of methoxy groups -OCH3 is 1. The first-order valence-electron chi connectivity index (χ1n) is 7.06. The van der Waals surface area contributed by atoms with Crippen molar-refractivity contribution in [2.75, 3.05) is 33.9 Å². The van der Waals surface area contributed by atoms with Gasteiger partial charge in [0, 0.05) is 6.54 Å². The smallest absolute Gasteiger partial charge is 0.161 e. The molecule has 0 bridgehead atoms. The highest BCUT2D eigenvalue weighted by Gasteiger charge is 2.20. The lowest BCUT2D eigenvalue weighted by Gasteiger charge is -2.30. The summed E-state index contributed by atoms with van der Waals surface area (Å²) >= 11 is 0. The molecule has 0 saturated carbocycles. The summed E-state index contributed by atoms with van der Waals surface area (Å²) in [6, 6.07) is 5.97. The van der Waals surface area contributed by atoms with Crippen molar-refractivity contribution in [1.82, 2.24) is 4.90 Å². The van der Waals surface area contributed by atoms with E-state index in [4.69, 9.17) is 15.4 Å².